The summed E-state index contributed by atoms with van der Waals surface area (Å²) in [5, 5.41) is 0. The number of nitrogens with two attached hydrogens (primary N) is 2. The van der Waals surface area contributed by atoms with Gasteiger partial charge < -0.3 is 16.4 Å². The van der Waals surface area contributed by atoms with Gasteiger partial charge in [0.15, 0.2) is 0 Å². The first-order chi connectivity index (χ1) is 7.09. The molecule has 4 heteroatoms. The van der Waals surface area contributed by atoms with Crippen molar-refractivity contribution < 1.29 is 0 Å². The Bertz CT molecular complexity index is 281. The lowest BCUT2D eigenvalue weighted by atomic mass is 10.1. The summed E-state index contributed by atoms with van der Waals surface area (Å²) in [7, 11) is 0. The third-order valence-electron chi connectivity index (χ3n) is 2.29. The minimum absolute atomic E-state index is 0.514. The number of allylic oxidation sites excluding steroid dienone is 1. The van der Waals surface area contributed by atoms with Crippen LogP contribution in [-0.4, -0.2) is 23.8 Å². The van der Waals surface area contributed by atoms with Gasteiger partial charge in [-0.2, -0.15) is 0 Å². The zero-order valence-electron chi connectivity index (χ0n) is 9.37. The Morgan fingerprint density at radius 3 is 2.33 bits per heavy atom. The molecule has 1 saturated heterocycles. The second kappa shape index (κ2) is 5.44. The number of likely N-dealkylation sites (tertiary alicyclic amines) is 1. The topological polar surface area (TPSA) is 67.6 Å². The van der Waals surface area contributed by atoms with Gasteiger partial charge >= 0.3 is 0 Å². The van der Waals surface area contributed by atoms with Gasteiger partial charge in [0.1, 0.15) is 5.82 Å². The second-order valence-electron chi connectivity index (χ2n) is 3.88. The summed E-state index contributed by atoms with van der Waals surface area (Å²) in [6.45, 7) is 7.48. The van der Waals surface area contributed by atoms with E-state index in [1.165, 1.54) is 19.3 Å². The Kier molecular flexibility index (Phi) is 4.21. The van der Waals surface area contributed by atoms with Gasteiger partial charge in [-0.25, -0.2) is 4.99 Å². The molecule has 0 radical (unpaired) electrons. The lowest BCUT2D eigenvalue weighted by molar-refractivity contribution is 0.283. The Hall–Kier alpha value is -1.45. The zero-order chi connectivity index (χ0) is 11.3. The summed E-state index contributed by atoms with van der Waals surface area (Å²) in [4.78, 5) is 6.49. The average molecular weight is 208 g/mol. The van der Waals surface area contributed by atoms with Gasteiger partial charge in [0, 0.05) is 24.9 Å². The van der Waals surface area contributed by atoms with E-state index in [4.69, 9.17) is 11.5 Å². The van der Waals surface area contributed by atoms with Gasteiger partial charge in [-0.1, -0.05) is 6.58 Å². The average Bonchev–Trinajstić information content (AvgIpc) is 2.17. The number of aliphatic imine (C=N–C) groups is 1. The maximum absolute atomic E-state index is 5.59. The Morgan fingerprint density at radius 2 is 1.87 bits per heavy atom. The van der Waals surface area contributed by atoms with Crippen molar-refractivity contribution in [2.24, 2.45) is 16.5 Å². The molecule has 4 N–H and O–H groups in total. The molecule has 0 bridgehead atoms. The van der Waals surface area contributed by atoms with Gasteiger partial charge in [-0.05, 0) is 26.2 Å². The Balaban J connectivity index is 2.79. The fourth-order valence-corrected chi connectivity index (χ4v) is 1.66. The molecule has 0 atom stereocenters. The fraction of sp³-hybridized carbons (Fsp3) is 0.545. The van der Waals surface area contributed by atoms with Crippen molar-refractivity contribution in [1.82, 2.24) is 4.90 Å². The monoisotopic (exact) mass is 208 g/mol. The van der Waals surface area contributed by atoms with E-state index in [2.05, 4.69) is 16.5 Å². The summed E-state index contributed by atoms with van der Waals surface area (Å²) < 4.78 is 0. The van der Waals surface area contributed by atoms with Crippen LogP contribution in [0.1, 0.15) is 26.2 Å². The molecule has 1 fully saturated rings. The molecule has 1 rings (SSSR count). The van der Waals surface area contributed by atoms with E-state index in [1.807, 2.05) is 0 Å². The smallest absolute Gasteiger partial charge is 0.132 e. The third-order valence-corrected chi connectivity index (χ3v) is 2.29. The van der Waals surface area contributed by atoms with E-state index in [0.717, 1.165) is 18.9 Å². The van der Waals surface area contributed by atoms with Crippen LogP contribution in [0, 0.1) is 0 Å². The standard InChI is InChI=1S/C11H20N4/c1-9(12)8-11(14-10(2)13)15-6-4-3-5-7-15/h8H,1,3-7,12H2,2H3,(H2,13,14)/b11-8+. The first-order valence-corrected chi connectivity index (χ1v) is 5.31. The van der Waals surface area contributed by atoms with Gasteiger partial charge in [0.2, 0.25) is 0 Å². The Morgan fingerprint density at radius 1 is 1.27 bits per heavy atom. The van der Waals surface area contributed by atoms with E-state index < -0.39 is 0 Å². The van der Waals surface area contributed by atoms with Crippen LogP contribution in [-0.2, 0) is 0 Å². The molecule has 0 unspecified atom stereocenters. The van der Waals surface area contributed by atoms with Crippen LogP contribution in [0.4, 0.5) is 0 Å². The van der Waals surface area contributed by atoms with Gasteiger partial charge in [-0.15, -0.1) is 0 Å². The van der Waals surface area contributed by atoms with Crippen LogP contribution >= 0.6 is 0 Å². The second-order valence-corrected chi connectivity index (χ2v) is 3.88. The van der Waals surface area contributed by atoms with Crippen LogP contribution in [0.3, 0.4) is 0 Å². The molecule has 0 aromatic carbocycles. The molecule has 1 aliphatic rings. The van der Waals surface area contributed by atoms with Crippen LogP contribution in [0.25, 0.3) is 0 Å². The molecule has 4 nitrogen and oxygen atoms in total. The SMILES string of the molecule is C=C(N)/C=C(\N=C(/C)N)N1CCCCC1. The van der Waals surface area contributed by atoms with Crippen molar-refractivity contribution in [2.75, 3.05) is 13.1 Å². The summed E-state index contributed by atoms with van der Waals surface area (Å²) in [5.74, 6) is 1.38. The number of hydrogen-bond donors (Lipinski definition) is 2. The molecule has 0 aliphatic carbocycles. The van der Waals surface area contributed by atoms with E-state index in [0.29, 0.717) is 11.5 Å². The minimum atomic E-state index is 0.514. The van der Waals surface area contributed by atoms with Crippen molar-refractivity contribution in [1.29, 1.82) is 0 Å². The van der Waals surface area contributed by atoms with Crippen LogP contribution in [0.5, 0.6) is 0 Å². The lowest BCUT2D eigenvalue weighted by Crippen LogP contribution is -2.29. The van der Waals surface area contributed by atoms with E-state index in [9.17, 15) is 0 Å². The molecule has 0 aromatic rings. The summed E-state index contributed by atoms with van der Waals surface area (Å²) >= 11 is 0. The highest BCUT2D eigenvalue weighted by molar-refractivity contribution is 5.78. The molecular weight excluding hydrogens is 188 g/mol. The quantitative estimate of drug-likeness (QED) is 0.415. The number of piperidine rings is 1. The first-order valence-electron chi connectivity index (χ1n) is 5.31. The maximum Gasteiger partial charge on any atom is 0.132 e. The minimum Gasteiger partial charge on any atom is -0.399 e. The highest BCUT2D eigenvalue weighted by Gasteiger charge is 2.12. The van der Waals surface area contributed by atoms with Crippen molar-refractivity contribution in [3.63, 3.8) is 0 Å². The third kappa shape index (κ3) is 4.06. The summed E-state index contributed by atoms with van der Waals surface area (Å²) in [6.07, 6.45) is 5.47. The van der Waals surface area contributed by atoms with Gasteiger partial charge in [0.05, 0.1) is 5.84 Å². The molecule has 0 saturated carbocycles. The molecule has 1 aliphatic heterocycles. The molecule has 1 heterocycles. The predicted octanol–water partition coefficient (Wildman–Crippen LogP) is 1.16. The highest BCUT2D eigenvalue weighted by Crippen LogP contribution is 2.16. The Labute approximate surface area is 91.3 Å². The number of amidine groups is 1. The van der Waals surface area contributed by atoms with Crippen molar-refractivity contribution in [3.05, 3.63) is 24.2 Å². The van der Waals surface area contributed by atoms with Crippen molar-refractivity contribution >= 4 is 5.84 Å². The van der Waals surface area contributed by atoms with E-state index in [-0.39, 0.29) is 0 Å². The van der Waals surface area contributed by atoms with Crippen LogP contribution in [0.15, 0.2) is 29.2 Å². The van der Waals surface area contributed by atoms with Crippen molar-refractivity contribution in [3.8, 4) is 0 Å². The van der Waals surface area contributed by atoms with Gasteiger partial charge in [0.25, 0.3) is 0 Å². The number of nitrogens with zero attached hydrogens (tertiary/aromatic N) is 2. The molecular formula is C11H20N4. The number of hydrogen-bond acceptors (Lipinski definition) is 3. The van der Waals surface area contributed by atoms with Crippen molar-refractivity contribution in [2.45, 2.75) is 26.2 Å². The lowest BCUT2D eigenvalue weighted by Gasteiger charge is -2.28. The molecule has 0 aromatic heterocycles. The largest absolute Gasteiger partial charge is 0.399 e. The summed E-state index contributed by atoms with van der Waals surface area (Å²) in [6, 6.07) is 0. The van der Waals surface area contributed by atoms with E-state index >= 15 is 0 Å². The maximum atomic E-state index is 5.59. The van der Waals surface area contributed by atoms with E-state index in [1.54, 1.807) is 13.0 Å². The van der Waals surface area contributed by atoms with Gasteiger partial charge in [-0.3, -0.25) is 0 Å². The zero-order valence-corrected chi connectivity index (χ0v) is 9.37. The molecule has 0 amide bonds. The highest BCUT2D eigenvalue weighted by atomic mass is 15.2. The normalized spacial score (nSPS) is 19.1. The fourth-order valence-electron chi connectivity index (χ4n) is 1.66. The van der Waals surface area contributed by atoms with Crippen LogP contribution in [0.2, 0.25) is 0 Å². The molecule has 0 spiro atoms. The predicted molar refractivity (Wildman–Crippen MR) is 64.1 cm³/mol. The summed E-state index contributed by atoms with van der Waals surface area (Å²) in [5.41, 5.74) is 11.7. The van der Waals surface area contributed by atoms with Crippen LogP contribution < -0.4 is 11.5 Å². The number of rotatable bonds is 3. The molecule has 84 valence electrons. The first kappa shape index (κ1) is 11.6. The molecule has 15 heavy (non-hydrogen) atoms.